The van der Waals surface area contributed by atoms with E-state index in [4.69, 9.17) is 16.3 Å². The van der Waals surface area contributed by atoms with Crippen LogP contribution in [-0.4, -0.2) is 26.1 Å². The van der Waals surface area contributed by atoms with Gasteiger partial charge in [-0.3, -0.25) is 4.79 Å². The monoisotopic (exact) mass is 471 g/mol. The van der Waals surface area contributed by atoms with Gasteiger partial charge < -0.3 is 9.30 Å². The van der Waals surface area contributed by atoms with E-state index < -0.39 is 17.3 Å². The molecule has 1 aromatic carbocycles. The van der Waals surface area contributed by atoms with Gasteiger partial charge in [-0.15, -0.1) is 0 Å². The Balaban J connectivity index is 1.82. The summed E-state index contributed by atoms with van der Waals surface area (Å²) >= 11 is 7.14. The number of para-hydroxylation sites is 2. The Bertz CT molecular complexity index is 1090. The lowest BCUT2D eigenvalue weighted by molar-refractivity contribution is -0.155. The Morgan fingerprint density at radius 1 is 1.23 bits per heavy atom. The summed E-state index contributed by atoms with van der Waals surface area (Å²) in [5.74, 6) is -0.293. The van der Waals surface area contributed by atoms with Gasteiger partial charge in [0, 0.05) is 19.2 Å². The topological polar surface area (TPSA) is 57.0 Å². The lowest BCUT2D eigenvalue weighted by atomic mass is 10.2. The number of ether oxygens (including phenoxy) is 1. The van der Waals surface area contributed by atoms with E-state index >= 15 is 0 Å². The molecular formula is C21H21ClF3N3O2S. The van der Waals surface area contributed by atoms with Crippen LogP contribution in [0.4, 0.5) is 13.2 Å². The van der Waals surface area contributed by atoms with Crippen molar-refractivity contribution in [1.29, 1.82) is 0 Å². The maximum atomic E-state index is 12.9. The lowest BCUT2D eigenvalue weighted by Crippen LogP contribution is -2.23. The Morgan fingerprint density at radius 3 is 2.58 bits per heavy atom. The third kappa shape index (κ3) is 6.13. The molecule has 2 heterocycles. The number of benzene rings is 1. The summed E-state index contributed by atoms with van der Waals surface area (Å²) in [7, 11) is 0. The van der Waals surface area contributed by atoms with Crippen LogP contribution in [-0.2, 0) is 22.3 Å². The second-order valence-electron chi connectivity index (χ2n) is 7.84. The van der Waals surface area contributed by atoms with E-state index in [9.17, 15) is 18.0 Å². The van der Waals surface area contributed by atoms with Crippen LogP contribution < -0.4 is 0 Å². The van der Waals surface area contributed by atoms with E-state index in [-0.39, 0.29) is 22.4 Å². The molecule has 0 fully saturated rings. The van der Waals surface area contributed by atoms with Gasteiger partial charge in [-0.1, -0.05) is 23.7 Å². The van der Waals surface area contributed by atoms with Crippen molar-refractivity contribution in [2.75, 3.05) is 0 Å². The average Bonchev–Trinajstić information content (AvgIpc) is 2.98. The molecular weight excluding hydrogens is 451 g/mol. The van der Waals surface area contributed by atoms with Crippen molar-refractivity contribution in [3.8, 4) is 0 Å². The van der Waals surface area contributed by atoms with Crippen molar-refractivity contribution in [2.45, 2.75) is 62.1 Å². The molecule has 0 saturated carbocycles. The van der Waals surface area contributed by atoms with Gasteiger partial charge in [0.15, 0.2) is 5.16 Å². The minimum Gasteiger partial charge on any atom is -0.460 e. The van der Waals surface area contributed by atoms with Crippen LogP contribution in [0.15, 0.2) is 46.7 Å². The number of carbonyl (C=O) groups is 1. The number of alkyl halides is 3. The van der Waals surface area contributed by atoms with Crippen molar-refractivity contribution in [3.63, 3.8) is 0 Å². The van der Waals surface area contributed by atoms with E-state index in [0.717, 1.165) is 35.1 Å². The van der Waals surface area contributed by atoms with Crippen molar-refractivity contribution < 1.29 is 22.7 Å². The SMILES string of the molecule is CC(C)(C)OC(=O)CCCn1c(Sc2ncc(C(F)(F)F)cc2Cl)nc2ccccc21. The third-order valence-corrected chi connectivity index (χ3v) is 5.54. The Hall–Kier alpha value is -2.26. The van der Waals surface area contributed by atoms with Gasteiger partial charge in [0.2, 0.25) is 0 Å². The molecule has 0 radical (unpaired) electrons. The Labute approximate surface area is 187 Å². The zero-order chi connectivity index (χ0) is 22.8. The van der Waals surface area contributed by atoms with E-state index in [1.165, 1.54) is 0 Å². The molecule has 0 bridgehead atoms. The molecule has 3 rings (SSSR count). The second-order valence-corrected chi connectivity index (χ2v) is 9.20. The van der Waals surface area contributed by atoms with Gasteiger partial charge in [-0.2, -0.15) is 13.2 Å². The summed E-state index contributed by atoms with van der Waals surface area (Å²) in [6, 6.07) is 8.30. The number of esters is 1. The molecule has 0 aliphatic heterocycles. The molecule has 3 aromatic rings. The minimum absolute atomic E-state index is 0.104. The first-order valence-corrected chi connectivity index (χ1v) is 10.7. The third-order valence-electron chi connectivity index (χ3n) is 4.12. The molecule has 0 N–H and O–H groups in total. The van der Waals surface area contributed by atoms with Crippen LogP contribution in [0.25, 0.3) is 11.0 Å². The summed E-state index contributed by atoms with van der Waals surface area (Å²) in [5.41, 5.74) is 0.111. The maximum Gasteiger partial charge on any atom is 0.417 e. The first kappa shape index (κ1) is 23.4. The summed E-state index contributed by atoms with van der Waals surface area (Å²) in [4.78, 5) is 20.5. The maximum absolute atomic E-state index is 12.9. The van der Waals surface area contributed by atoms with Crippen molar-refractivity contribution >= 4 is 40.4 Å². The van der Waals surface area contributed by atoms with Gasteiger partial charge in [0.1, 0.15) is 10.6 Å². The fourth-order valence-corrected chi connectivity index (χ4v) is 4.02. The summed E-state index contributed by atoms with van der Waals surface area (Å²) < 4.78 is 45.9. The molecule has 0 atom stereocenters. The number of pyridine rings is 1. The van der Waals surface area contributed by atoms with Crippen LogP contribution >= 0.6 is 23.4 Å². The summed E-state index contributed by atoms with van der Waals surface area (Å²) in [6.07, 6.45) is -3.03. The first-order chi connectivity index (χ1) is 14.4. The fourth-order valence-electron chi connectivity index (χ4n) is 2.86. The molecule has 166 valence electrons. The van der Waals surface area contributed by atoms with Crippen LogP contribution in [0.5, 0.6) is 0 Å². The number of fused-ring (bicyclic) bond motifs is 1. The zero-order valence-electron chi connectivity index (χ0n) is 17.2. The zero-order valence-corrected chi connectivity index (χ0v) is 18.7. The number of aryl methyl sites for hydroxylation is 1. The largest absolute Gasteiger partial charge is 0.460 e. The molecule has 0 aliphatic rings. The van der Waals surface area contributed by atoms with Gasteiger partial charge in [-0.25, -0.2) is 9.97 Å². The fraction of sp³-hybridized carbons (Fsp3) is 0.381. The normalized spacial score (nSPS) is 12.4. The van der Waals surface area contributed by atoms with Crippen LogP contribution in [0, 0.1) is 0 Å². The number of aromatic nitrogens is 3. The molecule has 0 saturated heterocycles. The highest BCUT2D eigenvalue weighted by atomic mass is 35.5. The summed E-state index contributed by atoms with van der Waals surface area (Å²) in [5, 5.41) is 0.644. The smallest absolute Gasteiger partial charge is 0.417 e. The molecule has 5 nitrogen and oxygen atoms in total. The predicted molar refractivity (Wildman–Crippen MR) is 113 cm³/mol. The number of nitrogens with zero attached hydrogens (tertiary/aromatic N) is 3. The molecule has 2 aromatic heterocycles. The molecule has 10 heteroatoms. The highest BCUT2D eigenvalue weighted by molar-refractivity contribution is 7.99. The molecule has 31 heavy (non-hydrogen) atoms. The molecule has 0 aliphatic carbocycles. The Kier molecular flexibility index (Phi) is 6.85. The molecule has 0 unspecified atom stereocenters. The quantitative estimate of drug-likeness (QED) is 0.390. The van der Waals surface area contributed by atoms with Crippen molar-refractivity contribution in [2.24, 2.45) is 0 Å². The predicted octanol–water partition coefficient (Wildman–Crippen LogP) is 6.38. The second kappa shape index (κ2) is 9.08. The number of carbonyl (C=O) groups excluding carboxylic acids is 1. The standard InChI is InChI=1S/C21H21ClF3N3O2S/c1-20(2,3)30-17(29)9-6-10-28-16-8-5-4-7-15(16)27-19(28)31-18-14(22)11-13(12-26-18)21(23,24)25/h4-5,7-8,11-12H,6,9-10H2,1-3H3. The van der Waals surface area contributed by atoms with Gasteiger partial charge in [0.25, 0.3) is 0 Å². The molecule has 0 amide bonds. The van der Waals surface area contributed by atoms with Crippen LogP contribution in [0.1, 0.15) is 39.2 Å². The van der Waals surface area contributed by atoms with Crippen LogP contribution in [0.2, 0.25) is 5.02 Å². The van der Waals surface area contributed by atoms with Crippen molar-refractivity contribution in [3.05, 3.63) is 47.1 Å². The number of hydrogen-bond acceptors (Lipinski definition) is 5. The highest BCUT2D eigenvalue weighted by Gasteiger charge is 2.31. The number of halogens is 4. The first-order valence-electron chi connectivity index (χ1n) is 9.52. The molecule has 0 spiro atoms. The van der Waals surface area contributed by atoms with Crippen molar-refractivity contribution in [1.82, 2.24) is 14.5 Å². The van der Waals surface area contributed by atoms with Gasteiger partial charge >= 0.3 is 12.1 Å². The number of rotatable bonds is 6. The number of imidazole rings is 1. The lowest BCUT2D eigenvalue weighted by Gasteiger charge is -2.19. The Morgan fingerprint density at radius 2 is 1.94 bits per heavy atom. The van der Waals surface area contributed by atoms with E-state index in [1.54, 1.807) is 0 Å². The van der Waals surface area contributed by atoms with E-state index in [2.05, 4.69) is 9.97 Å². The summed E-state index contributed by atoms with van der Waals surface area (Å²) in [6.45, 7) is 5.90. The van der Waals surface area contributed by atoms with E-state index in [1.807, 2.05) is 49.6 Å². The van der Waals surface area contributed by atoms with Gasteiger partial charge in [0.05, 0.1) is 21.6 Å². The van der Waals surface area contributed by atoms with Gasteiger partial charge in [-0.05, 0) is 57.2 Å². The highest BCUT2D eigenvalue weighted by Crippen LogP contribution is 2.37. The van der Waals surface area contributed by atoms with Crippen LogP contribution in [0.3, 0.4) is 0 Å². The number of hydrogen-bond donors (Lipinski definition) is 0. The average molecular weight is 472 g/mol. The minimum atomic E-state index is -4.52. The van der Waals surface area contributed by atoms with E-state index in [0.29, 0.717) is 18.1 Å².